The van der Waals surface area contributed by atoms with Crippen LogP contribution >= 0.6 is 46.4 Å². The van der Waals surface area contributed by atoms with Crippen molar-refractivity contribution < 1.29 is 79.0 Å². The standard InChI is InChI=1S/C18H9Cl2F9N4.C10H2Cl2F9N3.C8H7N/c19-11-5-9(15(21,17(24,25)26)16(22,23)18(27,28)29)6-12(20)14(11)33-7-13(31-32-33)8-2-1-3-10(30)4-8;11-4-1-3(2-5(12)6(4)23-24-22)7(13,9(16,17)18)8(14,15)10(19,20)21;1-2-7-4-3-5-8(9)6-7/h1-7H,30H2;1-2H;1,3-6H,9H2. The first-order valence-corrected chi connectivity index (χ1v) is 18.0. The highest BCUT2D eigenvalue weighted by Crippen LogP contribution is 2.60. The molecule has 0 amide bonds. The number of nitrogens with two attached hydrogens (primary N) is 2. The van der Waals surface area contributed by atoms with E-state index in [-0.39, 0.29) is 30.0 Å². The van der Waals surface area contributed by atoms with E-state index in [1.54, 1.807) is 30.3 Å². The lowest BCUT2D eigenvalue weighted by atomic mass is 9.87. The highest BCUT2D eigenvalue weighted by atomic mass is 35.5. The van der Waals surface area contributed by atoms with Gasteiger partial charge in [-0.25, -0.2) is 13.5 Å². The SMILES string of the molecule is C#Cc1cccc(N)c1.Nc1cccc(-c2cn(-c3c(Cl)cc(C(F)(C(F)(F)F)C(F)(F)C(F)(F)F)cc3Cl)nn2)c1.[N-]=[N+]=Nc1c(Cl)cc(C(F)(C(F)(F)F)C(F)(F)C(F)(F)F)cc1Cl. The summed E-state index contributed by atoms with van der Waals surface area (Å²) in [4.78, 5) is 2.17. The molecule has 0 radical (unpaired) electrons. The first-order chi connectivity index (χ1) is 29.9. The smallest absolute Gasteiger partial charge is 0.399 e. The van der Waals surface area contributed by atoms with E-state index in [4.69, 9.17) is 69.8 Å². The van der Waals surface area contributed by atoms with Crippen LogP contribution in [0.4, 0.5) is 96.1 Å². The Hall–Kier alpha value is -5.61. The Labute approximate surface area is 376 Å². The fraction of sp³-hybridized carbons (Fsp3) is 0.222. The maximum atomic E-state index is 14.7. The molecule has 4 N–H and O–H groups in total. The Bertz CT molecular complexity index is 2610. The second kappa shape index (κ2) is 19.3. The van der Waals surface area contributed by atoms with Crippen LogP contribution in [-0.4, -0.2) is 51.5 Å². The molecule has 356 valence electrons. The lowest BCUT2D eigenvalue weighted by molar-refractivity contribution is -0.389. The van der Waals surface area contributed by atoms with Crippen LogP contribution in [0.25, 0.3) is 27.4 Å². The van der Waals surface area contributed by atoms with Gasteiger partial charge < -0.3 is 11.5 Å². The molecule has 2 unspecified atom stereocenters. The summed E-state index contributed by atoms with van der Waals surface area (Å²) in [6, 6.07) is 13.1. The third kappa shape index (κ3) is 10.6. The van der Waals surface area contributed by atoms with E-state index in [0.717, 1.165) is 10.2 Å². The molecule has 0 aliphatic heterocycles. The normalized spacial score (nSPS) is 14.3. The molecule has 0 spiro atoms. The zero-order valence-corrected chi connectivity index (χ0v) is 34.3. The van der Waals surface area contributed by atoms with Crippen molar-refractivity contribution in [1.82, 2.24) is 15.0 Å². The number of terminal acetylenes is 1. The second-order valence-corrected chi connectivity index (χ2v) is 14.3. The molecule has 0 aliphatic carbocycles. The number of rotatable bonds is 7. The van der Waals surface area contributed by atoms with Gasteiger partial charge in [0.15, 0.2) is 0 Å². The van der Waals surface area contributed by atoms with Crippen LogP contribution in [0.5, 0.6) is 0 Å². The molecular formula is C36H18Cl4F18N8. The van der Waals surface area contributed by atoms with Crippen LogP contribution < -0.4 is 11.5 Å². The van der Waals surface area contributed by atoms with E-state index < -0.39 is 90.5 Å². The molecule has 1 aromatic heterocycles. The molecule has 0 bridgehead atoms. The number of halogens is 22. The molecule has 2 atom stereocenters. The van der Waals surface area contributed by atoms with E-state index >= 15 is 0 Å². The molecule has 66 heavy (non-hydrogen) atoms. The van der Waals surface area contributed by atoms with Crippen LogP contribution in [0.15, 0.2) is 84.1 Å². The Kier molecular flexibility index (Phi) is 16.0. The third-order valence-electron chi connectivity index (χ3n) is 8.29. The van der Waals surface area contributed by atoms with Gasteiger partial charge in [0.1, 0.15) is 11.4 Å². The molecule has 0 saturated heterocycles. The molecule has 0 fully saturated rings. The topological polar surface area (TPSA) is 132 Å². The predicted molar refractivity (Wildman–Crippen MR) is 205 cm³/mol. The van der Waals surface area contributed by atoms with Crippen LogP contribution in [0.2, 0.25) is 20.1 Å². The van der Waals surface area contributed by atoms with Gasteiger partial charge in [-0.15, -0.1) is 11.5 Å². The minimum atomic E-state index is -6.88. The molecule has 1 heterocycles. The van der Waals surface area contributed by atoms with Crippen molar-refractivity contribution in [1.29, 1.82) is 0 Å². The summed E-state index contributed by atoms with van der Waals surface area (Å²) in [6.07, 6.45) is -20.8. The number of nitrogen functional groups attached to an aromatic ring is 2. The third-order valence-corrected chi connectivity index (χ3v) is 9.44. The summed E-state index contributed by atoms with van der Waals surface area (Å²) < 4.78 is 237. The van der Waals surface area contributed by atoms with Gasteiger partial charge in [-0.2, -0.15) is 70.2 Å². The van der Waals surface area contributed by atoms with Gasteiger partial charge in [0.2, 0.25) is 0 Å². The minimum absolute atomic E-state index is 0.0300. The highest BCUT2D eigenvalue weighted by molar-refractivity contribution is 6.39. The van der Waals surface area contributed by atoms with Gasteiger partial charge in [0, 0.05) is 38.5 Å². The first-order valence-electron chi connectivity index (χ1n) is 16.5. The van der Waals surface area contributed by atoms with E-state index in [0.29, 0.717) is 16.9 Å². The first kappa shape index (κ1) is 54.7. The second-order valence-electron chi connectivity index (χ2n) is 12.7. The molecule has 8 nitrogen and oxygen atoms in total. The van der Waals surface area contributed by atoms with Crippen LogP contribution in [0.1, 0.15) is 16.7 Å². The van der Waals surface area contributed by atoms with Crippen molar-refractivity contribution in [3.8, 4) is 29.3 Å². The summed E-state index contributed by atoms with van der Waals surface area (Å²) >= 11 is 22.3. The fourth-order valence-electron chi connectivity index (χ4n) is 5.16. The van der Waals surface area contributed by atoms with E-state index in [2.05, 4.69) is 26.3 Å². The summed E-state index contributed by atoms with van der Waals surface area (Å²) in [5, 5.41) is 6.34. The monoisotopic (exact) mass is 1040 g/mol. The summed E-state index contributed by atoms with van der Waals surface area (Å²) in [6.45, 7) is 0. The van der Waals surface area contributed by atoms with Crippen molar-refractivity contribution >= 4 is 63.5 Å². The maximum absolute atomic E-state index is 14.7. The number of hydrogen-bond acceptors (Lipinski definition) is 5. The number of hydrogen-bond donors (Lipinski definition) is 2. The van der Waals surface area contributed by atoms with E-state index in [1.807, 2.05) is 12.1 Å². The van der Waals surface area contributed by atoms with Crippen molar-refractivity contribution in [2.75, 3.05) is 11.5 Å². The average Bonchev–Trinajstić information content (AvgIpc) is 3.66. The summed E-state index contributed by atoms with van der Waals surface area (Å²) in [5.74, 6) is -11.2. The molecule has 5 rings (SSSR count). The van der Waals surface area contributed by atoms with Crippen molar-refractivity contribution in [3.05, 3.63) is 126 Å². The zero-order chi connectivity index (χ0) is 50.8. The average molecular weight is 1050 g/mol. The number of aromatic nitrogens is 3. The molecule has 0 saturated carbocycles. The summed E-state index contributed by atoms with van der Waals surface area (Å²) in [7, 11) is 0. The molecule has 30 heteroatoms. The lowest BCUT2D eigenvalue weighted by Gasteiger charge is -2.36. The molecular weight excluding hydrogens is 1030 g/mol. The van der Waals surface area contributed by atoms with Gasteiger partial charge in [-0.05, 0) is 60.1 Å². The quantitative estimate of drug-likeness (QED) is 0.0420. The number of anilines is 2. The largest absolute Gasteiger partial charge is 0.457 e. The lowest BCUT2D eigenvalue weighted by Crippen LogP contribution is -2.59. The zero-order valence-electron chi connectivity index (χ0n) is 31.2. The number of azide groups is 1. The van der Waals surface area contributed by atoms with Gasteiger partial charge in [0.25, 0.3) is 0 Å². The number of alkyl halides is 18. The van der Waals surface area contributed by atoms with E-state index in [1.165, 1.54) is 12.3 Å². The van der Waals surface area contributed by atoms with Gasteiger partial charge in [-0.1, -0.05) is 80.9 Å². The Morgan fingerprint density at radius 2 is 1.00 bits per heavy atom. The van der Waals surface area contributed by atoms with Crippen molar-refractivity contribution in [2.45, 2.75) is 47.9 Å². The van der Waals surface area contributed by atoms with Crippen LogP contribution in [0.3, 0.4) is 0 Å². The summed E-state index contributed by atoms with van der Waals surface area (Å²) in [5.41, 5.74) is 3.88. The van der Waals surface area contributed by atoms with E-state index in [9.17, 15) is 79.0 Å². The minimum Gasteiger partial charge on any atom is -0.399 e. The van der Waals surface area contributed by atoms with Gasteiger partial charge >= 0.3 is 47.9 Å². The Morgan fingerprint density at radius 3 is 1.35 bits per heavy atom. The molecule has 4 aromatic carbocycles. The molecule has 5 aromatic rings. The number of nitrogens with zero attached hydrogens (tertiary/aromatic N) is 6. The van der Waals surface area contributed by atoms with Crippen molar-refractivity contribution in [3.63, 3.8) is 0 Å². The fourth-order valence-corrected chi connectivity index (χ4v) is 6.38. The Balaban J connectivity index is 0.000000304. The van der Waals surface area contributed by atoms with Gasteiger partial charge in [-0.3, -0.25) is 0 Å². The Morgan fingerprint density at radius 1 is 0.591 bits per heavy atom. The maximum Gasteiger partial charge on any atom is 0.457 e. The number of benzene rings is 4. The van der Waals surface area contributed by atoms with Gasteiger partial charge in [0.05, 0.1) is 32.0 Å². The predicted octanol–water partition coefficient (Wildman–Crippen LogP) is 14.9. The highest BCUT2D eigenvalue weighted by Gasteiger charge is 2.83. The van der Waals surface area contributed by atoms with Crippen LogP contribution in [0, 0.1) is 12.3 Å². The van der Waals surface area contributed by atoms with Crippen molar-refractivity contribution in [2.24, 2.45) is 5.11 Å². The van der Waals surface area contributed by atoms with Crippen LogP contribution in [-0.2, 0) is 11.3 Å². The molecule has 0 aliphatic rings.